The lowest BCUT2D eigenvalue weighted by Gasteiger charge is -2.18. The molecule has 1 aliphatic rings. The van der Waals surface area contributed by atoms with Gasteiger partial charge >= 0.3 is 0 Å². The van der Waals surface area contributed by atoms with Gasteiger partial charge in [-0.1, -0.05) is 48.5 Å². The van der Waals surface area contributed by atoms with Gasteiger partial charge in [-0.25, -0.2) is 9.97 Å². The molecule has 1 fully saturated rings. The summed E-state index contributed by atoms with van der Waals surface area (Å²) in [6.07, 6.45) is 5.75. The lowest BCUT2D eigenvalue weighted by atomic mass is 9.99. The van der Waals surface area contributed by atoms with Crippen molar-refractivity contribution < 1.29 is 0 Å². The Kier molecular flexibility index (Phi) is 5.93. The summed E-state index contributed by atoms with van der Waals surface area (Å²) in [6, 6.07) is 24.5. The van der Waals surface area contributed by atoms with Crippen molar-refractivity contribution in [2.45, 2.75) is 25.9 Å². The second-order valence-corrected chi connectivity index (χ2v) is 9.27. The van der Waals surface area contributed by atoms with E-state index in [-0.39, 0.29) is 5.56 Å². The first-order valence-electron chi connectivity index (χ1n) is 12.4. The summed E-state index contributed by atoms with van der Waals surface area (Å²) in [5.74, 6) is 0. The van der Waals surface area contributed by atoms with Crippen LogP contribution in [-0.2, 0) is 13.1 Å². The molecule has 0 atom stereocenters. The first kappa shape index (κ1) is 22.4. The normalized spacial score (nSPS) is 14.0. The van der Waals surface area contributed by atoms with Gasteiger partial charge in [-0.15, -0.1) is 0 Å². The van der Waals surface area contributed by atoms with Crippen LogP contribution in [0, 0.1) is 0 Å². The fraction of sp³-hybridized carbons (Fsp3) is 0.207. The van der Waals surface area contributed by atoms with E-state index in [0.717, 1.165) is 29.0 Å². The van der Waals surface area contributed by atoms with Gasteiger partial charge in [0.2, 0.25) is 0 Å². The van der Waals surface area contributed by atoms with Crippen molar-refractivity contribution in [2.24, 2.45) is 5.73 Å². The number of hydrogen-bond acceptors (Lipinski definition) is 5. The summed E-state index contributed by atoms with van der Waals surface area (Å²) in [4.78, 5) is 24.9. The number of benzene rings is 3. The minimum atomic E-state index is -0.169. The van der Waals surface area contributed by atoms with Crippen LogP contribution < -0.4 is 11.3 Å². The highest BCUT2D eigenvalue weighted by molar-refractivity contribution is 5.73. The van der Waals surface area contributed by atoms with Crippen LogP contribution in [0.5, 0.6) is 0 Å². The van der Waals surface area contributed by atoms with E-state index in [1.54, 1.807) is 21.8 Å². The Bertz CT molecular complexity index is 1580. The zero-order valence-electron chi connectivity index (χ0n) is 20.0. The standard InChI is InChI=1S/C29H28N6O/c30-17-21-6-5-8-25(16-21)34-19-31-28-27(34)29(36)35(20-32-28)24-12-10-22(11-13-24)26-9-2-1-7-23(26)18-33-14-3-4-15-33/h1-2,5-13,16,19-20H,3-4,14-15,17-18,30H2. The van der Waals surface area contributed by atoms with Gasteiger partial charge in [-0.05, 0) is 72.5 Å². The van der Waals surface area contributed by atoms with Crippen LogP contribution in [0.3, 0.4) is 0 Å². The van der Waals surface area contributed by atoms with E-state index in [4.69, 9.17) is 5.73 Å². The molecule has 0 radical (unpaired) electrons. The van der Waals surface area contributed by atoms with E-state index in [9.17, 15) is 4.79 Å². The molecule has 0 bridgehead atoms. The Morgan fingerprint density at radius 2 is 1.56 bits per heavy atom. The number of likely N-dealkylation sites (tertiary alicyclic amines) is 1. The van der Waals surface area contributed by atoms with Crippen LogP contribution in [0.2, 0.25) is 0 Å². The Labute approximate surface area is 209 Å². The third-order valence-corrected chi connectivity index (χ3v) is 6.96. The third-order valence-electron chi connectivity index (χ3n) is 6.96. The second-order valence-electron chi connectivity index (χ2n) is 9.27. The van der Waals surface area contributed by atoms with E-state index < -0.39 is 0 Å². The molecular formula is C29H28N6O. The predicted octanol–water partition coefficient (Wildman–Crippen LogP) is 4.29. The van der Waals surface area contributed by atoms with Crippen LogP contribution in [0.1, 0.15) is 24.0 Å². The number of imidazole rings is 1. The maximum atomic E-state index is 13.6. The highest BCUT2D eigenvalue weighted by atomic mass is 16.1. The summed E-state index contributed by atoms with van der Waals surface area (Å²) >= 11 is 0. The number of nitrogens with zero attached hydrogens (tertiary/aromatic N) is 5. The van der Waals surface area contributed by atoms with Gasteiger partial charge in [0.1, 0.15) is 12.7 Å². The quantitative estimate of drug-likeness (QED) is 0.395. The molecular weight excluding hydrogens is 448 g/mol. The van der Waals surface area contributed by atoms with Crippen LogP contribution in [0.4, 0.5) is 0 Å². The topological polar surface area (TPSA) is 82.0 Å². The van der Waals surface area contributed by atoms with Gasteiger partial charge in [0.15, 0.2) is 11.2 Å². The maximum absolute atomic E-state index is 13.6. The maximum Gasteiger partial charge on any atom is 0.284 e. The lowest BCUT2D eigenvalue weighted by Crippen LogP contribution is -2.20. The van der Waals surface area contributed by atoms with Crippen molar-refractivity contribution in [3.63, 3.8) is 0 Å². The number of hydrogen-bond donors (Lipinski definition) is 1. The number of fused-ring (bicyclic) bond motifs is 1. The first-order chi connectivity index (χ1) is 17.7. The van der Waals surface area contributed by atoms with Gasteiger partial charge in [0.05, 0.1) is 5.69 Å². The average Bonchev–Trinajstić information content (AvgIpc) is 3.60. The number of nitrogens with two attached hydrogens (primary N) is 1. The fourth-order valence-corrected chi connectivity index (χ4v) is 5.05. The Balaban J connectivity index is 1.36. The highest BCUT2D eigenvalue weighted by Gasteiger charge is 2.16. The highest BCUT2D eigenvalue weighted by Crippen LogP contribution is 2.27. The van der Waals surface area contributed by atoms with E-state index in [2.05, 4.69) is 51.3 Å². The molecule has 6 rings (SSSR count). The van der Waals surface area contributed by atoms with Gasteiger partial charge in [0.25, 0.3) is 5.56 Å². The molecule has 7 heteroatoms. The Hall–Kier alpha value is -4.07. The lowest BCUT2D eigenvalue weighted by molar-refractivity contribution is 0.332. The molecule has 1 aliphatic heterocycles. The monoisotopic (exact) mass is 476 g/mol. The molecule has 2 aromatic heterocycles. The van der Waals surface area contributed by atoms with E-state index in [1.807, 2.05) is 36.4 Å². The molecule has 3 aromatic carbocycles. The molecule has 0 unspecified atom stereocenters. The van der Waals surface area contributed by atoms with Crippen LogP contribution in [0.25, 0.3) is 33.7 Å². The molecule has 180 valence electrons. The zero-order chi connectivity index (χ0) is 24.5. The summed E-state index contributed by atoms with van der Waals surface area (Å²) in [5, 5.41) is 0. The summed E-state index contributed by atoms with van der Waals surface area (Å²) < 4.78 is 3.36. The van der Waals surface area contributed by atoms with Crippen molar-refractivity contribution in [3.8, 4) is 22.5 Å². The molecule has 0 saturated carbocycles. The second kappa shape index (κ2) is 9.53. The molecule has 0 spiro atoms. The molecule has 7 nitrogen and oxygen atoms in total. The molecule has 2 N–H and O–H groups in total. The fourth-order valence-electron chi connectivity index (χ4n) is 5.05. The molecule has 3 heterocycles. The third kappa shape index (κ3) is 4.12. The average molecular weight is 477 g/mol. The molecule has 0 amide bonds. The minimum Gasteiger partial charge on any atom is -0.326 e. The Morgan fingerprint density at radius 3 is 2.33 bits per heavy atom. The van der Waals surface area contributed by atoms with Gasteiger partial charge in [0, 0.05) is 18.8 Å². The molecule has 36 heavy (non-hydrogen) atoms. The predicted molar refractivity (Wildman–Crippen MR) is 142 cm³/mol. The molecule has 1 saturated heterocycles. The van der Waals surface area contributed by atoms with Crippen molar-refractivity contribution >= 4 is 11.2 Å². The van der Waals surface area contributed by atoms with Crippen molar-refractivity contribution in [1.82, 2.24) is 24.0 Å². The van der Waals surface area contributed by atoms with Gasteiger partial charge in [-0.3, -0.25) is 18.8 Å². The van der Waals surface area contributed by atoms with Crippen molar-refractivity contribution in [1.29, 1.82) is 0 Å². The van der Waals surface area contributed by atoms with Crippen LogP contribution in [-0.4, -0.2) is 37.1 Å². The van der Waals surface area contributed by atoms with E-state index >= 15 is 0 Å². The largest absolute Gasteiger partial charge is 0.326 e. The van der Waals surface area contributed by atoms with Crippen LogP contribution in [0.15, 0.2) is 90.2 Å². The van der Waals surface area contributed by atoms with Gasteiger partial charge < -0.3 is 5.73 Å². The summed E-state index contributed by atoms with van der Waals surface area (Å²) in [6.45, 7) is 3.72. The first-order valence-corrected chi connectivity index (χ1v) is 12.4. The van der Waals surface area contributed by atoms with E-state index in [1.165, 1.54) is 37.1 Å². The SMILES string of the molecule is NCc1cccc(-n2cnc3ncn(-c4ccc(-c5ccccc5CN5CCCC5)cc4)c(=O)c32)c1. The van der Waals surface area contributed by atoms with Crippen LogP contribution >= 0.6 is 0 Å². The molecule has 5 aromatic rings. The number of aromatic nitrogens is 4. The summed E-state index contributed by atoms with van der Waals surface area (Å²) in [7, 11) is 0. The van der Waals surface area contributed by atoms with E-state index in [0.29, 0.717) is 17.7 Å². The summed E-state index contributed by atoms with van der Waals surface area (Å²) in [5.41, 5.74) is 12.8. The zero-order valence-corrected chi connectivity index (χ0v) is 20.0. The van der Waals surface area contributed by atoms with Crippen molar-refractivity contribution in [3.05, 3.63) is 107 Å². The smallest absolute Gasteiger partial charge is 0.284 e. The Morgan fingerprint density at radius 1 is 0.806 bits per heavy atom. The van der Waals surface area contributed by atoms with Gasteiger partial charge in [-0.2, -0.15) is 0 Å². The van der Waals surface area contributed by atoms with Crippen molar-refractivity contribution in [2.75, 3.05) is 13.1 Å². The molecule has 0 aliphatic carbocycles. The minimum absolute atomic E-state index is 0.169. The number of rotatable bonds is 6.